The molecule has 7 heteroatoms. The minimum Gasteiger partial charge on any atom is -0.329 e. The molecular weight excluding hydrogens is 226 g/mol. The zero-order valence-electron chi connectivity index (χ0n) is 8.27. The Morgan fingerprint density at radius 3 is 1.86 bits per heavy atom. The van der Waals surface area contributed by atoms with E-state index in [0.29, 0.717) is 0 Å². The first-order valence-corrected chi connectivity index (χ1v) is 8.08. The van der Waals surface area contributed by atoms with Crippen molar-refractivity contribution in [2.75, 3.05) is 29.6 Å². The van der Waals surface area contributed by atoms with Crippen LogP contribution in [-0.4, -0.2) is 46.4 Å². The van der Waals surface area contributed by atoms with Crippen molar-refractivity contribution in [1.29, 1.82) is 0 Å². The Labute approximate surface area is 85.5 Å². The van der Waals surface area contributed by atoms with Gasteiger partial charge < -0.3 is 5.73 Å². The predicted octanol–water partition coefficient (Wildman–Crippen LogP) is -0.815. The van der Waals surface area contributed by atoms with Gasteiger partial charge in [-0.3, -0.25) is 0 Å². The minimum atomic E-state index is -3.15. The van der Waals surface area contributed by atoms with Crippen LogP contribution >= 0.6 is 0 Å². The van der Waals surface area contributed by atoms with Crippen molar-refractivity contribution in [3.63, 3.8) is 0 Å². The van der Waals surface area contributed by atoms with Gasteiger partial charge in [0.1, 0.15) is 9.84 Å². The van der Waals surface area contributed by atoms with E-state index in [4.69, 9.17) is 5.73 Å². The molecule has 0 atom stereocenters. The Bertz CT molecular complexity index is 344. The maximum Gasteiger partial charge on any atom is 0.151 e. The number of sulfone groups is 2. The Hall–Kier alpha value is -0.140. The van der Waals surface area contributed by atoms with Crippen LogP contribution < -0.4 is 5.73 Å². The Morgan fingerprint density at radius 1 is 0.929 bits per heavy atom. The highest BCUT2D eigenvalue weighted by atomic mass is 32.2. The van der Waals surface area contributed by atoms with Crippen molar-refractivity contribution < 1.29 is 16.8 Å². The number of hydrogen-bond donors (Lipinski definition) is 1. The summed E-state index contributed by atoms with van der Waals surface area (Å²) in [6, 6.07) is 0. The fourth-order valence-corrected chi connectivity index (χ4v) is 3.13. The van der Waals surface area contributed by atoms with Crippen LogP contribution in [0.3, 0.4) is 0 Å². The van der Waals surface area contributed by atoms with Gasteiger partial charge >= 0.3 is 0 Å². The summed E-state index contributed by atoms with van der Waals surface area (Å²) in [5, 5.41) is 0. The summed E-state index contributed by atoms with van der Waals surface area (Å²) in [5.74, 6) is -0.167. The van der Waals surface area contributed by atoms with Crippen molar-refractivity contribution in [1.82, 2.24) is 0 Å². The number of nitrogens with two attached hydrogens (primary N) is 1. The molecule has 0 rings (SSSR count). The topological polar surface area (TPSA) is 94.3 Å². The largest absolute Gasteiger partial charge is 0.329 e. The van der Waals surface area contributed by atoms with Crippen LogP contribution in [0.4, 0.5) is 0 Å². The normalized spacial score (nSPS) is 13.0. The standard InChI is InChI=1S/C7H17NO4S2/c1-2-13(9,10)5-3-6-14(11,12)7-4-8/h2-8H2,1H3. The van der Waals surface area contributed by atoms with E-state index < -0.39 is 19.7 Å². The Balaban J connectivity index is 3.98. The van der Waals surface area contributed by atoms with E-state index in [9.17, 15) is 16.8 Å². The van der Waals surface area contributed by atoms with Crippen LogP contribution in [-0.2, 0) is 19.7 Å². The first-order valence-electron chi connectivity index (χ1n) is 4.44. The van der Waals surface area contributed by atoms with Gasteiger partial charge in [0.25, 0.3) is 0 Å². The third-order valence-corrected chi connectivity index (χ3v) is 5.34. The van der Waals surface area contributed by atoms with Gasteiger partial charge in [-0.1, -0.05) is 6.92 Å². The highest BCUT2D eigenvalue weighted by Crippen LogP contribution is 1.98. The quantitative estimate of drug-likeness (QED) is 0.630. The van der Waals surface area contributed by atoms with Gasteiger partial charge in [-0.25, -0.2) is 16.8 Å². The molecule has 0 bridgehead atoms. The molecule has 86 valence electrons. The molecule has 2 N–H and O–H groups in total. The lowest BCUT2D eigenvalue weighted by Crippen LogP contribution is -2.20. The highest BCUT2D eigenvalue weighted by Gasteiger charge is 2.12. The van der Waals surface area contributed by atoms with Gasteiger partial charge in [-0.05, 0) is 6.42 Å². The molecule has 0 unspecified atom stereocenters. The maximum absolute atomic E-state index is 11.1. The zero-order chi connectivity index (χ0) is 11.2. The number of hydrogen-bond acceptors (Lipinski definition) is 5. The van der Waals surface area contributed by atoms with E-state index >= 15 is 0 Å². The van der Waals surface area contributed by atoms with Crippen LogP contribution in [0, 0.1) is 0 Å². The molecule has 0 aliphatic heterocycles. The summed E-state index contributed by atoms with van der Waals surface area (Å²) in [4.78, 5) is 0. The van der Waals surface area contributed by atoms with Crippen LogP contribution in [0.1, 0.15) is 13.3 Å². The average Bonchev–Trinajstić information content (AvgIpc) is 2.03. The van der Waals surface area contributed by atoms with Crippen LogP contribution in [0.5, 0.6) is 0 Å². The summed E-state index contributed by atoms with van der Waals surface area (Å²) in [6.45, 7) is 1.63. The molecule has 0 aromatic carbocycles. The lowest BCUT2D eigenvalue weighted by Gasteiger charge is -2.02. The van der Waals surface area contributed by atoms with Gasteiger partial charge in [-0.15, -0.1) is 0 Å². The Morgan fingerprint density at radius 2 is 1.43 bits per heavy atom. The lowest BCUT2D eigenvalue weighted by molar-refractivity contribution is 0.590. The molecule has 0 aliphatic rings. The highest BCUT2D eigenvalue weighted by molar-refractivity contribution is 7.92. The summed E-state index contributed by atoms with van der Waals surface area (Å²) in [5.41, 5.74) is 5.10. The fourth-order valence-electron chi connectivity index (χ4n) is 0.925. The average molecular weight is 243 g/mol. The molecule has 14 heavy (non-hydrogen) atoms. The lowest BCUT2D eigenvalue weighted by atomic mass is 10.6. The number of rotatable bonds is 7. The molecule has 0 amide bonds. The van der Waals surface area contributed by atoms with Gasteiger partial charge in [0.2, 0.25) is 0 Å². The molecule has 0 spiro atoms. The second-order valence-electron chi connectivity index (χ2n) is 3.03. The van der Waals surface area contributed by atoms with E-state index in [0.717, 1.165) is 0 Å². The van der Waals surface area contributed by atoms with E-state index in [1.165, 1.54) is 0 Å². The minimum absolute atomic E-state index is 0.0595. The molecule has 0 aromatic rings. The molecular formula is C7H17NO4S2. The van der Waals surface area contributed by atoms with Crippen LogP contribution in [0.15, 0.2) is 0 Å². The van der Waals surface area contributed by atoms with Gasteiger partial charge in [0.05, 0.1) is 17.3 Å². The predicted molar refractivity (Wildman–Crippen MR) is 56.7 cm³/mol. The van der Waals surface area contributed by atoms with E-state index in [1.54, 1.807) is 6.92 Å². The molecule has 0 radical (unpaired) electrons. The molecule has 0 aliphatic carbocycles. The van der Waals surface area contributed by atoms with Crippen LogP contribution in [0.2, 0.25) is 0 Å². The second kappa shape index (κ2) is 5.67. The van der Waals surface area contributed by atoms with Gasteiger partial charge in [-0.2, -0.15) is 0 Å². The first-order chi connectivity index (χ1) is 6.33. The second-order valence-corrected chi connectivity index (χ2v) is 7.81. The van der Waals surface area contributed by atoms with Crippen LogP contribution in [0.25, 0.3) is 0 Å². The molecule has 0 heterocycles. The van der Waals surface area contributed by atoms with Gasteiger partial charge in [0, 0.05) is 12.3 Å². The molecule has 0 saturated heterocycles. The third kappa shape index (κ3) is 6.33. The van der Waals surface area contributed by atoms with Crippen molar-refractivity contribution in [3.8, 4) is 0 Å². The Kier molecular flexibility index (Phi) is 5.61. The summed E-state index contributed by atoms with van der Waals surface area (Å²) in [7, 11) is -6.20. The first kappa shape index (κ1) is 13.9. The molecule has 0 saturated carbocycles. The van der Waals surface area contributed by atoms with E-state index in [1.807, 2.05) is 0 Å². The van der Waals surface area contributed by atoms with Crippen molar-refractivity contribution in [3.05, 3.63) is 0 Å². The fraction of sp³-hybridized carbons (Fsp3) is 1.00. The third-order valence-electron chi connectivity index (χ3n) is 1.78. The summed E-state index contributed by atoms with van der Waals surface area (Å²) >= 11 is 0. The SMILES string of the molecule is CCS(=O)(=O)CCCS(=O)(=O)CCN. The van der Waals surface area contributed by atoms with Crippen molar-refractivity contribution >= 4 is 19.7 Å². The smallest absolute Gasteiger partial charge is 0.151 e. The molecule has 0 fully saturated rings. The van der Waals surface area contributed by atoms with Crippen molar-refractivity contribution in [2.45, 2.75) is 13.3 Å². The van der Waals surface area contributed by atoms with E-state index in [2.05, 4.69) is 0 Å². The zero-order valence-corrected chi connectivity index (χ0v) is 9.90. The monoisotopic (exact) mass is 243 g/mol. The summed E-state index contributed by atoms with van der Waals surface area (Å²) in [6.07, 6.45) is 0.165. The summed E-state index contributed by atoms with van der Waals surface area (Å²) < 4.78 is 44.3. The maximum atomic E-state index is 11.1. The van der Waals surface area contributed by atoms with E-state index in [-0.39, 0.29) is 36.0 Å². The van der Waals surface area contributed by atoms with Gasteiger partial charge in [0.15, 0.2) is 9.84 Å². The molecule has 5 nitrogen and oxygen atoms in total. The molecule has 0 aromatic heterocycles. The van der Waals surface area contributed by atoms with Crippen molar-refractivity contribution in [2.24, 2.45) is 5.73 Å².